The van der Waals surface area contributed by atoms with E-state index >= 15 is 0 Å². The summed E-state index contributed by atoms with van der Waals surface area (Å²) in [4.78, 5) is 12.7. The quantitative estimate of drug-likeness (QED) is 0.747. The predicted molar refractivity (Wildman–Crippen MR) is 106 cm³/mol. The zero-order chi connectivity index (χ0) is 19.3. The molecular weight excluding hydrogens is 395 g/mol. The minimum absolute atomic E-state index is 0.178. The molecule has 1 amide bonds. The largest absolute Gasteiger partial charge is 0.350 e. The summed E-state index contributed by atoms with van der Waals surface area (Å²) in [6.07, 6.45) is 1.41. The van der Waals surface area contributed by atoms with Gasteiger partial charge in [0.2, 0.25) is 15.9 Å². The fraction of sp³-hybridized carbons (Fsp3) is 0.278. The first-order valence-electron chi connectivity index (χ1n) is 8.00. The molecule has 1 unspecified atom stereocenters. The highest BCUT2D eigenvalue weighted by molar-refractivity contribution is 7.92. The Balaban J connectivity index is 2.22. The first-order valence-corrected chi connectivity index (χ1v) is 10.6. The third-order valence-electron chi connectivity index (χ3n) is 3.81. The van der Waals surface area contributed by atoms with E-state index in [4.69, 9.17) is 23.2 Å². The zero-order valence-corrected chi connectivity index (χ0v) is 16.8. The fourth-order valence-electron chi connectivity index (χ4n) is 2.60. The van der Waals surface area contributed by atoms with Crippen molar-refractivity contribution in [1.82, 2.24) is 5.32 Å². The molecule has 0 saturated carbocycles. The number of benzene rings is 2. The van der Waals surface area contributed by atoms with Crippen LogP contribution in [0.3, 0.4) is 0 Å². The SMILES string of the molecule is CCC(C(=O)NCc1ccc(Cl)cc1Cl)N(c1ccccc1)S(C)(=O)=O. The number of rotatable bonds is 7. The van der Waals surface area contributed by atoms with Gasteiger partial charge in [-0.2, -0.15) is 0 Å². The molecule has 2 rings (SSSR count). The first-order chi connectivity index (χ1) is 12.2. The number of sulfonamides is 1. The van der Waals surface area contributed by atoms with Gasteiger partial charge < -0.3 is 5.32 Å². The van der Waals surface area contributed by atoms with Crippen molar-refractivity contribution in [3.63, 3.8) is 0 Å². The summed E-state index contributed by atoms with van der Waals surface area (Å²) in [5.74, 6) is -0.396. The third-order valence-corrected chi connectivity index (χ3v) is 5.58. The summed E-state index contributed by atoms with van der Waals surface area (Å²) in [6, 6.07) is 12.7. The molecule has 5 nitrogen and oxygen atoms in total. The normalized spacial score (nSPS) is 12.5. The summed E-state index contributed by atoms with van der Waals surface area (Å²) in [5, 5.41) is 3.70. The van der Waals surface area contributed by atoms with Gasteiger partial charge in [0.05, 0.1) is 11.9 Å². The second-order valence-electron chi connectivity index (χ2n) is 5.77. The Bertz CT molecular complexity index is 873. The molecule has 0 fully saturated rings. The van der Waals surface area contributed by atoms with Crippen molar-refractivity contribution in [2.75, 3.05) is 10.6 Å². The van der Waals surface area contributed by atoms with Crippen LogP contribution in [0.25, 0.3) is 0 Å². The lowest BCUT2D eigenvalue weighted by molar-refractivity contribution is -0.122. The second kappa shape index (κ2) is 8.75. The standard InChI is InChI=1S/C18H20Cl2N2O3S/c1-3-17(22(26(2,24)25)15-7-5-4-6-8-15)18(23)21-12-13-9-10-14(19)11-16(13)20/h4-11,17H,3,12H2,1-2H3,(H,21,23). The smallest absolute Gasteiger partial charge is 0.244 e. The number of hydrogen-bond acceptors (Lipinski definition) is 3. The number of carbonyl (C=O) groups excluding carboxylic acids is 1. The zero-order valence-electron chi connectivity index (χ0n) is 14.4. The number of carbonyl (C=O) groups is 1. The van der Waals surface area contributed by atoms with Crippen LogP contribution in [0.1, 0.15) is 18.9 Å². The molecule has 0 saturated heterocycles. The van der Waals surface area contributed by atoms with E-state index in [2.05, 4.69) is 5.32 Å². The van der Waals surface area contributed by atoms with Gasteiger partial charge in [-0.3, -0.25) is 9.10 Å². The topological polar surface area (TPSA) is 66.5 Å². The highest BCUT2D eigenvalue weighted by atomic mass is 35.5. The first kappa shape index (κ1) is 20.6. The lowest BCUT2D eigenvalue weighted by atomic mass is 10.1. The van der Waals surface area contributed by atoms with Gasteiger partial charge in [-0.25, -0.2) is 8.42 Å². The van der Waals surface area contributed by atoms with Gasteiger partial charge in [-0.1, -0.05) is 54.4 Å². The van der Waals surface area contributed by atoms with Crippen molar-refractivity contribution in [3.8, 4) is 0 Å². The number of nitrogens with zero attached hydrogens (tertiary/aromatic N) is 1. The highest BCUT2D eigenvalue weighted by Crippen LogP contribution is 2.23. The van der Waals surface area contributed by atoms with Crippen molar-refractivity contribution in [2.45, 2.75) is 25.9 Å². The van der Waals surface area contributed by atoms with Crippen LogP contribution in [0.4, 0.5) is 5.69 Å². The minimum Gasteiger partial charge on any atom is -0.350 e. The van der Waals surface area contributed by atoms with Gasteiger partial charge in [0.25, 0.3) is 0 Å². The molecule has 0 aromatic heterocycles. The second-order valence-corrected chi connectivity index (χ2v) is 8.48. The minimum atomic E-state index is -3.64. The van der Waals surface area contributed by atoms with Crippen LogP contribution in [0.2, 0.25) is 10.0 Å². The molecular formula is C18H20Cl2N2O3S. The fourth-order valence-corrected chi connectivity index (χ4v) is 4.29. The van der Waals surface area contributed by atoms with E-state index in [1.807, 2.05) is 0 Å². The van der Waals surface area contributed by atoms with E-state index in [0.29, 0.717) is 27.7 Å². The van der Waals surface area contributed by atoms with E-state index in [1.54, 1.807) is 55.5 Å². The Morgan fingerprint density at radius 1 is 1.15 bits per heavy atom. The molecule has 8 heteroatoms. The van der Waals surface area contributed by atoms with Crippen molar-refractivity contribution < 1.29 is 13.2 Å². The molecule has 2 aromatic rings. The van der Waals surface area contributed by atoms with E-state index in [-0.39, 0.29) is 6.54 Å². The summed E-state index contributed by atoms with van der Waals surface area (Å²) >= 11 is 12.0. The molecule has 1 atom stereocenters. The molecule has 0 spiro atoms. The number of nitrogens with one attached hydrogen (secondary N) is 1. The monoisotopic (exact) mass is 414 g/mol. The van der Waals surface area contributed by atoms with Gasteiger partial charge in [0.1, 0.15) is 6.04 Å². The van der Waals surface area contributed by atoms with E-state index < -0.39 is 22.0 Å². The maximum absolute atomic E-state index is 12.7. The van der Waals surface area contributed by atoms with Crippen LogP contribution in [-0.4, -0.2) is 26.6 Å². The number of para-hydroxylation sites is 1. The lowest BCUT2D eigenvalue weighted by Gasteiger charge is -2.30. The number of halogens is 2. The Kier molecular flexibility index (Phi) is 6.92. The Hall–Kier alpha value is -1.76. The molecule has 0 aliphatic heterocycles. The number of anilines is 1. The van der Waals surface area contributed by atoms with Crippen molar-refractivity contribution in [2.24, 2.45) is 0 Å². The van der Waals surface area contributed by atoms with Crippen molar-refractivity contribution in [1.29, 1.82) is 0 Å². The van der Waals surface area contributed by atoms with Crippen LogP contribution in [0, 0.1) is 0 Å². The molecule has 0 heterocycles. The van der Waals surface area contributed by atoms with Gasteiger partial charge in [0.15, 0.2) is 0 Å². The number of amides is 1. The number of hydrogen-bond donors (Lipinski definition) is 1. The van der Waals surface area contributed by atoms with E-state index in [1.165, 1.54) is 0 Å². The molecule has 140 valence electrons. The Labute approximate surface area is 164 Å². The Morgan fingerprint density at radius 2 is 1.81 bits per heavy atom. The molecule has 0 aliphatic rings. The predicted octanol–water partition coefficient (Wildman–Crippen LogP) is 3.85. The average Bonchev–Trinajstić information content (AvgIpc) is 2.58. The molecule has 0 radical (unpaired) electrons. The summed E-state index contributed by atoms with van der Waals surface area (Å²) < 4.78 is 25.8. The molecule has 0 bridgehead atoms. The van der Waals surface area contributed by atoms with Gasteiger partial charge >= 0.3 is 0 Å². The lowest BCUT2D eigenvalue weighted by Crippen LogP contribution is -2.49. The Morgan fingerprint density at radius 3 is 2.35 bits per heavy atom. The van der Waals surface area contributed by atoms with Crippen molar-refractivity contribution >= 4 is 44.8 Å². The molecule has 26 heavy (non-hydrogen) atoms. The van der Waals surface area contributed by atoms with Gasteiger partial charge in [-0.15, -0.1) is 0 Å². The van der Waals surface area contributed by atoms with Gasteiger partial charge in [0, 0.05) is 16.6 Å². The van der Waals surface area contributed by atoms with Crippen LogP contribution < -0.4 is 9.62 Å². The van der Waals surface area contributed by atoms with E-state index in [0.717, 1.165) is 10.6 Å². The third kappa shape index (κ3) is 5.13. The van der Waals surface area contributed by atoms with Crippen LogP contribution in [-0.2, 0) is 21.4 Å². The summed E-state index contributed by atoms with van der Waals surface area (Å²) in [6.45, 7) is 1.94. The van der Waals surface area contributed by atoms with Crippen LogP contribution in [0.15, 0.2) is 48.5 Å². The highest BCUT2D eigenvalue weighted by Gasteiger charge is 2.31. The summed E-state index contributed by atoms with van der Waals surface area (Å²) in [7, 11) is -3.64. The van der Waals surface area contributed by atoms with Crippen molar-refractivity contribution in [3.05, 3.63) is 64.1 Å². The average molecular weight is 415 g/mol. The van der Waals surface area contributed by atoms with Crippen LogP contribution >= 0.6 is 23.2 Å². The van der Waals surface area contributed by atoms with Crippen LogP contribution in [0.5, 0.6) is 0 Å². The summed E-state index contributed by atoms with van der Waals surface area (Å²) in [5.41, 5.74) is 1.14. The van der Waals surface area contributed by atoms with E-state index in [9.17, 15) is 13.2 Å². The molecule has 0 aliphatic carbocycles. The molecule has 1 N–H and O–H groups in total. The maximum atomic E-state index is 12.7. The van der Waals surface area contributed by atoms with Gasteiger partial charge in [-0.05, 0) is 36.2 Å². The maximum Gasteiger partial charge on any atom is 0.244 e. The molecule has 2 aromatic carbocycles.